The number of nitrogens with zero attached hydrogens (tertiary/aromatic N) is 2. The monoisotopic (exact) mass is 496 g/mol. The minimum absolute atomic E-state index is 0.0135. The van der Waals surface area contributed by atoms with E-state index in [0.29, 0.717) is 49.7 Å². The topological polar surface area (TPSA) is 79.3 Å². The molecule has 8 heteroatoms. The highest BCUT2D eigenvalue weighted by molar-refractivity contribution is 6.46. The molecule has 0 aromatic heterocycles. The summed E-state index contributed by atoms with van der Waals surface area (Å²) in [6.45, 7) is 8.59. The van der Waals surface area contributed by atoms with Gasteiger partial charge >= 0.3 is 0 Å². The van der Waals surface area contributed by atoms with Crippen LogP contribution >= 0.6 is 0 Å². The lowest BCUT2D eigenvalue weighted by Crippen LogP contribution is -2.38. The van der Waals surface area contributed by atoms with Crippen LogP contribution in [0.2, 0.25) is 0 Å². The second-order valence-electron chi connectivity index (χ2n) is 9.18. The third-order valence-electron chi connectivity index (χ3n) is 6.61. The van der Waals surface area contributed by atoms with Gasteiger partial charge in [0.25, 0.3) is 11.7 Å². The normalized spacial score (nSPS) is 20.2. The summed E-state index contributed by atoms with van der Waals surface area (Å²) in [6.07, 6.45) is 1.53. The van der Waals surface area contributed by atoms with Crippen LogP contribution < -0.4 is 4.74 Å². The van der Waals surface area contributed by atoms with E-state index in [0.717, 1.165) is 31.6 Å². The van der Waals surface area contributed by atoms with E-state index in [9.17, 15) is 19.1 Å². The first-order chi connectivity index (χ1) is 17.4. The van der Waals surface area contributed by atoms with Gasteiger partial charge in [-0.3, -0.25) is 14.5 Å². The molecule has 2 fully saturated rings. The number of carbonyl (C=O) groups excluding carboxylic acids is 2. The first-order valence-electron chi connectivity index (χ1n) is 12.5. The smallest absolute Gasteiger partial charge is 0.295 e. The second-order valence-corrected chi connectivity index (χ2v) is 9.18. The van der Waals surface area contributed by atoms with Gasteiger partial charge in [0.15, 0.2) is 0 Å². The molecule has 36 heavy (non-hydrogen) atoms. The lowest BCUT2D eigenvalue weighted by Gasteiger charge is -2.29. The minimum atomic E-state index is -0.799. The molecule has 1 unspecified atom stereocenters. The van der Waals surface area contributed by atoms with Crippen LogP contribution in [0.3, 0.4) is 0 Å². The van der Waals surface area contributed by atoms with Crippen molar-refractivity contribution >= 4 is 17.4 Å². The molecule has 7 nitrogen and oxygen atoms in total. The summed E-state index contributed by atoms with van der Waals surface area (Å²) in [7, 11) is 0. The van der Waals surface area contributed by atoms with E-state index in [-0.39, 0.29) is 11.3 Å². The number of hydrogen-bond acceptors (Lipinski definition) is 6. The molecule has 4 rings (SSSR count). The van der Waals surface area contributed by atoms with Gasteiger partial charge in [0.2, 0.25) is 0 Å². The Morgan fingerprint density at radius 3 is 2.50 bits per heavy atom. The summed E-state index contributed by atoms with van der Waals surface area (Å²) >= 11 is 0. The number of carbonyl (C=O) groups is 2. The number of aliphatic hydroxyl groups is 1. The number of morpholine rings is 1. The van der Waals surface area contributed by atoms with E-state index in [4.69, 9.17) is 9.47 Å². The fraction of sp³-hybridized carbons (Fsp3) is 0.429. The number of rotatable bonds is 9. The minimum Gasteiger partial charge on any atom is -0.507 e. The molecule has 2 aliphatic heterocycles. The highest BCUT2D eigenvalue weighted by atomic mass is 19.1. The first-order valence-corrected chi connectivity index (χ1v) is 12.5. The Labute approximate surface area is 211 Å². The number of amides is 1. The van der Waals surface area contributed by atoms with Crippen LogP contribution in [-0.4, -0.2) is 72.6 Å². The number of benzene rings is 2. The van der Waals surface area contributed by atoms with Gasteiger partial charge < -0.3 is 19.5 Å². The van der Waals surface area contributed by atoms with Crippen LogP contribution in [-0.2, 0) is 14.3 Å². The third-order valence-corrected chi connectivity index (χ3v) is 6.61. The van der Waals surface area contributed by atoms with Crippen LogP contribution in [0.1, 0.15) is 42.5 Å². The zero-order valence-electron chi connectivity index (χ0n) is 20.8. The largest absolute Gasteiger partial charge is 0.507 e. The van der Waals surface area contributed by atoms with Gasteiger partial charge in [0.1, 0.15) is 17.3 Å². The average molecular weight is 497 g/mol. The number of aryl methyl sites for hydroxylation is 1. The van der Waals surface area contributed by atoms with Crippen LogP contribution in [0.25, 0.3) is 5.76 Å². The van der Waals surface area contributed by atoms with Gasteiger partial charge in [-0.1, -0.05) is 19.1 Å². The van der Waals surface area contributed by atoms with E-state index in [1.54, 1.807) is 30.3 Å². The van der Waals surface area contributed by atoms with Crippen molar-refractivity contribution in [3.63, 3.8) is 0 Å². The quantitative estimate of drug-likeness (QED) is 0.320. The summed E-state index contributed by atoms with van der Waals surface area (Å²) in [6, 6.07) is 10.1. The van der Waals surface area contributed by atoms with E-state index >= 15 is 0 Å². The van der Waals surface area contributed by atoms with Gasteiger partial charge in [-0.2, -0.15) is 0 Å². The lowest BCUT2D eigenvalue weighted by molar-refractivity contribution is -0.140. The molecule has 1 N–H and O–H groups in total. The summed E-state index contributed by atoms with van der Waals surface area (Å²) in [5.41, 5.74) is 1.82. The van der Waals surface area contributed by atoms with Crippen molar-refractivity contribution in [2.75, 3.05) is 46.0 Å². The first kappa shape index (κ1) is 25.9. The Morgan fingerprint density at radius 1 is 1.11 bits per heavy atom. The highest BCUT2D eigenvalue weighted by Crippen LogP contribution is 2.40. The summed E-state index contributed by atoms with van der Waals surface area (Å²) in [5, 5.41) is 11.3. The maximum atomic E-state index is 13.7. The number of ether oxygens (including phenoxy) is 2. The summed E-state index contributed by atoms with van der Waals surface area (Å²) < 4.78 is 24.8. The zero-order chi connectivity index (χ0) is 25.7. The fourth-order valence-electron chi connectivity index (χ4n) is 4.72. The Balaban J connectivity index is 1.66. The van der Waals surface area contributed by atoms with E-state index < -0.39 is 23.5 Å². The number of ketones is 1. The molecule has 0 spiro atoms. The summed E-state index contributed by atoms with van der Waals surface area (Å²) in [4.78, 5) is 30.1. The van der Waals surface area contributed by atoms with Gasteiger partial charge in [0, 0.05) is 31.7 Å². The molecule has 2 heterocycles. The standard InChI is InChI=1S/C28H33FN2O5/c1-3-15-36-23-10-7-21(18-19(23)2)26(32)24-25(20-5-8-22(29)9-6-20)31(28(34)27(24)33)12-4-11-30-13-16-35-17-14-30/h5-10,18,25,32H,3-4,11-17H2,1-2H3. The van der Waals surface area contributed by atoms with Crippen molar-refractivity contribution in [2.24, 2.45) is 0 Å². The molecular formula is C28H33FN2O5. The molecule has 2 aromatic carbocycles. The predicted molar refractivity (Wildman–Crippen MR) is 134 cm³/mol. The molecule has 2 saturated heterocycles. The van der Waals surface area contributed by atoms with Gasteiger partial charge in [-0.15, -0.1) is 0 Å². The van der Waals surface area contributed by atoms with Crippen molar-refractivity contribution < 1.29 is 28.6 Å². The predicted octanol–water partition coefficient (Wildman–Crippen LogP) is 4.07. The van der Waals surface area contributed by atoms with Crippen molar-refractivity contribution in [1.82, 2.24) is 9.80 Å². The molecular weight excluding hydrogens is 463 g/mol. The van der Waals surface area contributed by atoms with Crippen molar-refractivity contribution in [3.8, 4) is 5.75 Å². The lowest BCUT2D eigenvalue weighted by atomic mass is 9.94. The highest BCUT2D eigenvalue weighted by Gasteiger charge is 2.45. The van der Waals surface area contributed by atoms with E-state index in [1.807, 2.05) is 13.8 Å². The Kier molecular flexibility index (Phi) is 8.38. The van der Waals surface area contributed by atoms with Crippen molar-refractivity contribution in [2.45, 2.75) is 32.7 Å². The van der Waals surface area contributed by atoms with Crippen LogP contribution in [0, 0.1) is 12.7 Å². The number of halogens is 1. The van der Waals surface area contributed by atoms with Gasteiger partial charge in [-0.25, -0.2) is 4.39 Å². The van der Waals surface area contributed by atoms with Crippen molar-refractivity contribution in [1.29, 1.82) is 0 Å². The molecule has 2 aromatic rings. The molecule has 0 radical (unpaired) electrons. The molecule has 0 saturated carbocycles. The number of Topliss-reactive ketones (excluding diaryl/α,β-unsaturated/α-hetero) is 1. The second kappa shape index (κ2) is 11.7. The Morgan fingerprint density at radius 2 is 1.83 bits per heavy atom. The van der Waals surface area contributed by atoms with E-state index in [2.05, 4.69) is 4.90 Å². The Hall–Kier alpha value is -3.23. The number of likely N-dealkylation sites (tertiary alicyclic amines) is 1. The van der Waals surface area contributed by atoms with Crippen LogP contribution in [0.5, 0.6) is 5.75 Å². The molecule has 2 aliphatic rings. The SMILES string of the molecule is CCCOc1ccc(C(O)=C2C(=O)C(=O)N(CCCN3CCOCC3)C2c2ccc(F)cc2)cc1C. The molecule has 0 bridgehead atoms. The number of hydrogen-bond donors (Lipinski definition) is 1. The average Bonchev–Trinajstić information content (AvgIpc) is 3.13. The maximum absolute atomic E-state index is 13.7. The molecule has 192 valence electrons. The molecule has 0 aliphatic carbocycles. The van der Waals surface area contributed by atoms with Gasteiger partial charge in [0.05, 0.1) is 31.4 Å². The number of aliphatic hydroxyl groups excluding tert-OH is 1. The van der Waals surface area contributed by atoms with E-state index in [1.165, 1.54) is 17.0 Å². The van der Waals surface area contributed by atoms with Crippen molar-refractivity contribution in [3.05, 3.63) is 70.5 Å². The third kappa shape index (κ3) is 5.60. The summed E-state index contributed by atoms with van der Waals surface area (Å²) in [5.74, 6) is -1.36. The van der Waals surface area contributed by atoms with Crippen LogP contribution in [0.15, 0.2) is 48.0 Å². The zero-order valence-corrected chi connectivity index (χ0v) is 20.8. The fourth-order valence-corrected chi connectivity index (χ4v) is 4.72. The Bertz CT molecular complexity index is 1130. The molecule has 1 amide bonds. The maximum Gasteiger partial charge on any atom is 0.295 e. The van der Waals surface area contributed by atoms with Crippen LogP contribution in [0.4, 0.5) is 4.39 Å². The molecule has 1 atom stereocenters. The van der Waals surface area contributed by atoms with Gasteiger partial charge in [-0.05, 0) is 61.2 Å².